The maximum absolute atomic E-state index is 6.18. The fraction of sp³-hybridized carbons (Fsp3) is 0.182. The third kappa shape index (κ3) is 4.55. The third-order valence-corrected chi connectivity index (χ3v) is 4.71. The third-order valence-electron chi connectivity index (χ3n) is 4.34. The number of ether oxygens (including phenoxy) is 1. The number of halogens is 1. The molecule has 0 aliphatic rings. The first-order valence-corrected chi connectivity index (χ1v) is 8.76. The maximum Gasteiger partial charge on any atom is 0.120 e. The molecule has 128 valence electrons. The van der Waals surface area contributed by atoms with Crippen molar-refractivity contribution in [1.29, 1.82) is 0 Å². The highest BCUT2D eigenvalue weighted by molar-refractivity contribution is 6.31. The molecular formula is C22H22ClNO. The first kappa shape index (κ1) is 17.4. The molecule has 0 radical (unpaired) electrons. The first-order chi connectivity index (χ1) is 12.1. The number of nitrogens with one attached hydrogen (secondary N) is 1. The molecule has 3 aromatic carbocycles. The standard InChI is InChI=1S/C22H22ClNO/c1-16-7-5-12-22(17(16)2)24-14-18-8-6-10-20(13-18)25-15-19-9-3-4-11-21(19)23/h3-13,24H,14-15H2,1-2H3. The molecule has 1 N–H and O–H groups in total. The summed E-state index contributed by atoms with van der Waals surface area (Å²) in [5.41, 5.74) is 5.92. The van der Waals surface area contributed by atoms with Gasteiger partial charge in [0.25, 0.3) is 0 Å². The Morgan fingerprint density at radius 2 is 1.72 bits per heavy atom. The summed E-state index contributed by atoms with van der Waals surface area (Å²) < 4.78 is 5.90. The van der Waals surface area contributed by atoms with Gasteiger partial charge in [0, 0.05) is 22.8 Å². The Morgan fingerprint density at radius 3 is 2.56 bits per heavy atom. The Morgan fingerprint density at radius 1 is 0.920 bits per heavy atom. The largest absolute Gasteiger partial charge is 0.489 e. The van der Waals surface area contributed by atoms with Crippen molar-refractivity contribution in [1.82, 2.24) is 0 Å². The Hall–Kier alpha value is -2.45. The van der Waals surface area contributed by atoms with Crippen LogP contribution in [0.1, 0.15) is 22.3 Å². The van der Waals surface area contributed by atoms with Crippen molar-refractivity contribution in [3.8, 4) is 5.75 Å². The van der Waals surface area contributed by atoms with Crippen LogP contribution in [0.25, 0.3) is 0 Å². The SMILES string of the molecule is Cc1cccc(NCc2cccc(OCc3ccccc3Cl)c2)c1C. The van der Waals surface area contributed by atoms with Gasteiger partial charge in [-0.25, -0.2) is 0 Å². The van der Waals surface area contributed by atoms with Crippen LogP contribution in [-0.2, 0) is 13.2 Å². The van der Waals surface area contributed by atoms with Gasteiger partial charge in [-0.05, 0) is 54.8 Å². The second kappa shape index (κ2) is 8.09. The monoisotopic (exact) mass is 351 g/mol. The topological polar surface area (TPSA) is 21.3 Å². The molecule has 3 rings (SSSR count). The fourth-order valence-corrected chi connectivity index (χ4v) is 2.85. The second-order valence-electron chi connectivity index (χ2n) is 6.13. The van der Waals surface area contributed by atoms with Gasteiger partial charge < -0.3 is 10.1 Å². The predicted molar refractivity (Wildman–Crippen MR) is 105 cm³/mol. The number of hydrogen-bond acceptors (Lipinski definition) is 2. The number of rotatable bonds is 6. The zero-order valence-electron chi connectivity index (χ0n) is 14.6. The molecule has 0 amide bonds. The molecule has 3 heteroatoms. The normalized spacial score (nSPS) is 10.5. The first-order valence-electron chi connectivity index (χ1n) is 8.39. The van der Waals surface area contributed by atoms with E-state index in [1.54, 1.807) is 0 Å². The highest BCUT2D eigenvalue weighted by Gasteiger charge is 2.03. The molecule has 0 aliphatic carbocycles. The van der Waals surface area contributed by atoms with Crippen LogP contribution in [-0.4, -0.2) is 0 Å². The van der Waals surface area contributed by atoms with Gasteiger partial charge in [0.05, 0.1) is 0 Å². The van der Waals surface area contributed by atoms with E-state index in [0.717, 1.165) is 22.9 Å². The van der Waals surface area contributed by atoms with Gasteiger partial charge in [0.2, 0.25) is 0 Å². The van der Waals surface area contributed by atoms with E-state index in [1.807, 2.05) is 36.4 Å². The van der Waals surface area contributed by atoms with E-state index in [-0.39, 0.29) is 0 Å². The van der Waals surface area contributed by atoms with E-state index < -0.39 is 0 Å². The van der Waals surface area contributed by atoms with E-state index in [4.69, 9.17) is 16.3 Å². The Bertz CT molecular complexity index is 860. The highest BCUT2D eigenvalue weighted by Crippen LogP contribution is 2.21. The maximum atomic E-state index is 6.18. The van der Waals surface area contributed by atoms with Gasteiger partial charge in [-0.15, -0.1) is 0 Å². The predicted octanol–water partition coefficient (Wildman–Crippen LogP) is 6.15. The van der Waals surface area contributed by atoms with Crippen molar-refractivity contribution in [3.05, 3.63) is 94.0 Å². The van der Waals surface area contributed by atoms with Gasteiger partial charge in [0.1, 0.15) is 12.4 Å². The minimum Gasteiger partial charge on any atom is -0.489 e. The molecule has 0 spiro atoms. The molecule has 0 fully saturated rings. The van der Waals surface area contributed by atoms with E-state index in [0.29, 0.717) is 6.61 Å². The molecule has 0 saturated carbocycles. The fourth-order valence-electron chi connectivity index (χ4n) is 2.66. The van der Waals surface area contributed by atoms with Crippen LogP contribution >= 0.6 is 11.6 Å². The summed E-state index contributed by atoms with van der Waals surface area (Å²) in [5.74, 6) is 0.847. The molecule has 25 heavy (non-hydrogen) atoms. The molecule has 3 aromatic rings. The van der Waals surface area contributed by atoms with Crippen LogP contribution in [0.3, 0.4) is 0 Å². The van der Waals surface area contributed by atoms with Crippen LogP contribution in [0, 0.1) is 13.8 Å². The highest BCUT2D eigenvalue weighted by atomic mass is 35.5. The zero-order chi connectivity index (χ0) is 17.6. The Labute approximate surface area is 154 Å². The number of benzene rings is 3. The Balaban J connectivity index is 1.63. The van der Waals surface area contributed by atoms with Crippen molar-refractivity contribution in [2.45, 2.75) is 27.0 Å². The number of anilines is 1. The van der Waals surface area contributed by atoms with Gasteiger partial charge in [-0.2, -0.15) is 0 Å². The molecule has 0 unspecified atom stereocenters. The lowest BCUT2D eigenvalue weighted by Gasteiger charge is -2.13. The van der Waals surface area contributed by atoms with E-state index in [2.05, 4.69) is 49.5 Å². The smallest absolute Gasteiger partial charge is 0.120 e. The molecule has 0 aliphatic heterocycles. The van der Waals surface area contributed by atoms with E-state index >= 15 is 0 Å². The summed E-state index contributed by atoms with van der Waals surface area (Å²) in [6.07, 6.45) is 0. The van der Waals surface area contributed by atoms with Crippen molar-refractivity contribution >= 4 is 17.3 Å². The number of hydrogen-bond donors (Lipinski definition) is 1. The minimum absolute atomic E-state index is 0.466. The van der Waals surface area contributed by atoms with Crippen molar-refractivity contribution in [2.24, 2.45) is 0 Å². The van der Waals surface area contributed by atoms with Crippen LogP contribution in [0.2, 0.25) is 5.02 Å². The van der Waals surface area contributed by atoms with Crippen LogP contribution in [0.5, 0.6) is 5.75 Å². The van der Waals surface area contributed by atoms with E-state index in [1.165, 1.54) is 22.4 Å². The second-order valence-corrected chi connectivity index (χ2v) is 6.54. The molecular weight excluding hydrogens is 330 g/mol. The van der Waals surface area contributed by atoms with Crippen molar-refractivity contribution in [3.63, 3.8) is 0 Å². The summed E-state index contributed by atoms with van der Waals surface area (Å²) in [5, 5.41) is 4.24. The lowest BCUT2D eigenvalue weighted by Crippen LogP contribution is -2.02. The molecule has 0 heterocycles. The molecule has 0 aromatic heterocycles. The lowest BCUT2D eigenvalue weighted by atomic mass is 10.1. The van der Waals surface area contributed by atoms with Gasteiger partial charge in [-0.1, -0.05) is 54.1 Å². The molecule has 0 bridgehead atoms. The summed E-state index contributed by atoms with van der Waals surface area (Å²) in [6, 6.07) is 22.2. The van der Waals surface area contributed by atoms with E-state index in [9.17, 15) is 0 Å². The average Bonchev–Trinajstić information content (AvgIpc) is 2.63. The molecule has 2 nitrogen and oxygen atoms in total. The minimum atomic E-state index is 0.466. The zero-order valence-corrected chi connectivity index (χ0v) is 15.3. The summed E-state index contributed by atoms with van der Waals surface area (Å²) in [6.45, 7) is 5.49. The van der Waals surface area contributed by atoms with Crippen LogP contribution < -0.4 is 10.1 Å². The summed E-state index contributed by atoms with van der Waals surface area (Å²) in [4.78, 5) is 0. The lowest BCUT2D eigenvalue weighted by molar-refractivity contribution is 0.306. The van der Waals surface area contributed by atoms with Gasteiger partial charge >= 0.3 is 0 Å². The van der Waals surface area contributed by atoms with Crippen molar-refractivity contribution in [2.75, 3.05) is 5.32 Å². The van der Waals surface area contributed by atoms with Crippen molar-refractivity contribution < 1.29 is 4.74 Å². The molecule has 0 saturated heterocycles. The summed E-state index contributed by atoms with van der Waals surface area (Å²) >= 11 is 6.18. The van der Waals surface area contributed by atoms with Gasteiger partial charge in [-0.3, -0.25) is 0 Å². The summed E-state index contributed by atoms with van der Waals surface area (Å²) in [7, 11) is 0. The quantitative estimate of drug-likeness (QED) is 0.575. The van der Waals surface area contributed by atoms with Crippen LogP contribution in [0.4, 0.5) is 5.69 Å². The Kier molecular flexibility index (Phi) is 5.62. The molecule has 0 atom stereocenters. The van der Waals surface area contributed by atoms with Gasteiger partial charge in [0.15, 0.2) is 0 Å². The average molecular weight is 352 g/mol. The number of aryl methyl sites for hydroxylation is 1. The van der Waals surface area contributed by atoms with Crippen LogP contribution in [0.15, 0.2) is 66.7 Å².